The Hall–Kier alpha value is -3.46. The molecule has 1 amide bonds. The van der Waals surface area contributed by atoms with Crippen molar-refractivity contribution in [3.8, 4) is 0 Å². The van der Waals surface area contributed by atoms with Crippen molar-refractivity contribution < 1.29 is 54.0 Å². The van der Waals surface area contributed by atoms with Crippen LogP contribution in [0.1, 0.15) is 15.9 Å². The molecule has 2 aromatic rings. The third-order valence-electron chi connectivity index (χ3n) is 3.91. The Morgan fingerprint density at radius 2 is 1.67 bits per heavy atom. The van der Waals surface area contributed by atoms with Crippen molar-refractivity contribution in [2.45, 2.75) is 24.1 Å². The molecule has 15 heteroatoms. The predicted octanol–water partition coefficient (Wildman–Crippen LogP) is 3.59. The van der Waals surface area contributed by atoms with E-state index in [0.717, 1.165) is 12.1 Å². The summed E-state index contributed by atoms with van der Waals surface area (Å²) in [7, 11) is -6.58. The van der Waals surface area contributed by atoms with Crippen LogP contribution in [0, 0.1) is 0 Å². The second-order valence-corrected chi connectivity index (χ2v) is 7.85. The van der Waals surface area contributed by atoms with Crippen LogP contribution in [0.3, 0.4) is 0 Å². The highest BCUT2D eigenvalue weighted by atomic mass is 32.2. The Balaban J connectivity index is 2.12. The van der Waals surface area contributed by atoms with Gasteiger partial charge >= 0.3 is 33.6 Å². The van der Waals surface area contributed by atoms with Gasteiger partial charge in [0, 0.05) is 0 Å². The van der Waals surface area contributed by atoms with Gasteiger partial charge in [-0.15, -0.1) is 0 Å². The lowest BCUT2D eigenvalue weighted by Crippen LogP contribution is -2.52. The molecule has 0 bridgehead atoms. The molecule has 180 valence electrons. The fourth-order valence-electron chi connectivity index (χ4n) is 2.31. The topological polar surface area (TPSA) is 145 Å². The number of rotatable bonds is 7. The third-order valence-corrected chi connectivity index (χ3v) is 4.81. The summed E-state index contributed by atoms with van der Waals surface area (Å²) in [6.07, 6.45) is -11.5. The van der Waals surface area contributed by atoms with Gasteiger partial charge in [0.2, 0.25) is 0 Å². The van der Waals surface area contributed by atoms with Crippen molar-refractivity contribution in [3.05, 3.63) is 59.7 Å². The Morgan fingerprint density at radius 3 is 2.18 bits per heavy atom. The zero-order valence-electron chi connectivity index (χ0n) is 16.2. The van der Waals surface area contributed by atoms with E-state index >= 15 is 0 Å². The lowest BCUT2D eigenvalue weighted by Gasteiger charge is -2.26. The number of alkyl halides is 5. The summed E-state index contributed by atoms with van der Waals surface area (Å²) in [6.45, 7) is -0.0994. The molecule has 0 heterocycles. The average molecular weight is 498 g/mol. The SMILES string of the molecule is Nc1cc(C(=O)OC(C(F)(F)F)C(F)(F)S(=O)(=O)O)ccc1NC(=O)OCc1ccccc1. The van der Waals surface area contributed by atoms with Crippen molar-refractivity contribution in [2.24, 2.45) is 0 Å². The predicted molar refractivity (Wildman–Crippen MR) is 103 cm³/mol. The van der Waals surface area contributed by atoms with Gasteiger partial charge in [-0.05, 0) is 23.8 Å². The van der Waals surface area contributed by atoms with Crippen molar-refractivity contribution in [2.75, 3.05) is 11.1 Å². The number of halogens is 5. The van der Waals surface area contributed by atoms with Gasteiger partial charge in [0.25, 0.3) is 6.10 Å². The summed E-state index contributed by atoms with van der Waals surface area (Å²) < 4.78 is 104. The largest absolute Gasteiger partial charge is 0.444 e. The molecule has 1 unspecified atom stereocenters. The van der Waals surface area contributed by atoms with Gasteiger partial charge in [-0.2, -0.15) is 30.4 Å². The van der Waals surface area contributed by atoms with Gasteiger partial charge in [0.1, 0.15) is 6.61 Å². The van der Waals surface area contributed by atoms with Crippen LogP contribution in [-0.4, -0.2) is 42.6 Å². The minimum atomic E-state index is -6.58. The van der Waals surface area contributed by atoms with E-state index < -0.39 is 45.3 Å². The summed E-state index contributed by atoms with van der Waals surface area (Å²) in [6, 6.07) is 10.9. The number of carbonyl (C=O) groups excluding carboxylic acids is 2. The van der Waals surface area contributed by atoms with Gasteiger partial charge in [-0.25, -0.2) is 9.59 Å². The van der Waals surface area contributed by atoms with E-state index in [4.69, 9.17) is 15.0 Å². The number of nitrogens with two attached hydrogens (primary N) is 1. The van der Waals surface area contributed by atoms with Crippen LogP contribution in [-0.2, 0) is 26.2 Å². The number of ether oxygens (including phenoxy) is 2. The number of nitrogens with one attached hydrogen (secondary N) is 1. The number of nitrogen functional groups attached to an aromatic ring is 1. The number of anilines is 2. The van der Waals surface area contributed by atoms with Crippen molar-refractivity contribution >= 4 is 33.6 Å². The molecule has 2 rings (SSSR count). The summed E-state index contributed by atoms with van der Waals surface area (Å²) in [4.78, 5) is 23.8. The molecule has 2 aromatic carbocycles. The summed E-state index contributed by atoms with van der Waals surface area (Å²) in [5.41, 5.74) is 4.97. The molecule has 4 N–H and O–H groups in total. The molecule has 0 aliphatic rings. The molecule has 0 aliphatic heterocycles. The zero-order chi connectivity index (χ0) is 25.0. The Labute approximate surface area is 183 Å². The number of amides is 1. The first kappa shape index (κ1) is 25.8. The quantitative estimate of drug-likeness (QED) is 0.227. The Morgan fingerprint density at radius 1 is 1.06 bits per heavy atom. The number of benzene rings is 2. The lowest BCUT2D eigenvalue weighted by molar-refractivity contribution is -0.248. The molecule has 9 nitrogen and oxygen atoms in total. The zero-order valence-corrected chi connectivity index (χ0v) is 17.0. The second kappa shape index (κ2) is 9.58. The second-order valence-electron chi connectivity index (χ2n) is 6.35. The van der Waals surface area contributed by atoms with Crippen LogP contribution >= 0.6 is 0 Å². The van der Waals surface area contributed by atoms with Gasteiger partial charge in [-0.1, -0.05) is 30.3 Å². The molecular weight excluding hydrogens is 483 g/mol. The standard InChI is InChI=1S/C18H15F5N2O7S/c19-17(20,21)15(18(22,23)33(28,29)30)32-14(26)11-6-7-13(12(24)8-11)25-16(27)31-9-10-4-2-1-3-5-10/h1-8,15H,9,24H2,(H,25,27)(H,28,29,30). The molecule has 0 aliphatic carbocycles. The van der Waals surface area contributed by atoms with Crippen molar-refractivity contribution in [1.29, 1.82) is 0 Å². The van der Waals surface area contributed by atoms with E-state index in [0.29, 0.717) is 11.6 Å². The maximum atomic E-state index is 13.5. The summed E-state index contributed by atoms with van der Waals surface area (Å²) >= 11 is 0. The number of hydrogen-bond acceptors (Lipinski definition) is 7. The highest BCUT2D eigenvalue weighted by Gasteiger charge is 2.66. The average Bonchev–Trinajstić information content (AvgIpc) is 2.70. The van der Waals surface area contributed by atoms with Crippen LogP contribution in [0.2, 0.25) is 0 Å². The van der Waals surface area contributed by atoms with Crippen LogP contribution < -0.4 is 11.1 Å². The molecule has 33 heavy (non-hydrogen) atoms. The molecule has 0 saturated heterocycles. The van der Waals surface area contributed by atoms with Crippen molar-refractivity contribution in [3.63, 3.8) is 0 Å². The minimum Gasteiger partial charge on any atom is -0.444 e. The van der Waals surface area contributed by atoms with Gasteiger partial charge < -0.3 is 15.2 Å². The van der Waals surface area contributed by atoms with E-state index in [2.05, 4.69) is 10.1 Å². The maximum Gasteiger partial charge on any atom is 0.432 e. The number of esters is 1. The highest BCUT2D eigenvalue weighted by molar-refractivity contribution is 7.86. The normalized spacial score (nSPS) is 13.2. The molecular formula is C18H15F5N2O7S. The van der Waals surface area contributed by atoms with Crippen LogP contribution in [0.15, 0.2) is 48.5 Å². The maximum absolute atomic E-state index is 13.5. The van der Waals surface area contributed by atoms with E-state index in [9.17, 15) is 40.0 Å². The van der Waals surface area contributed by atoms with E-state index in [1.165, 1.54) is 0 Å². The summed E-state index contributed by atoms with van der Waals surface area (Å²) in [5, 5.41) is -3.67. The molecule has 0 radical (unpaired) electrons. The number of carbonyl (C=O) groups is 2. The lowest BCUT2D eigenvalue weighted by atomic mass is 10.1. The van der Waals surface area contributed by atoms with Gasteiger partial charge in [0.05, 0.1) is 16.9 Å². The first-order chi connectivity index (χ1) is 15.1. The van der Waals surface area contributed by atoms with E-state index in [1.807, 2.05) is 0 Å². The minimum absolute atomic E-state index is 0.0994. The van der Waals surface area contributed by atoms with Crippen LogP contribution in [0.4, 0.5) is 38.1 Å². The first-order valence-electron chi connectivity index (χ1n) is 8.62. The number of hydrogen-bond donors (Lipinski definition) is 3. The monoisotopic (exact) mass is 498 g/mol. The van der Waals surface area contributed by atoms with Crippen molar-refractivity contribution in [1.82, 2.24) is 0 Å². The molecule has 0 aromatic heterocycles. The Kier molecular flexibility index (Phi) is 7.49. The molecule has 0 fully saturated rings. The Bertz CT molecular complexity index is 1120. The first-order valence-corrected chi connectivity index (χ1v) is 10.1. The van der Waals surface area contributed by atoms with E-state index in [-0.39, 0.29) is 18.0 Å². The van der Waals surface area contributed by atoms with Crippen LogP contribution in [0.25, 0.3) is 0 Å². The van der Waals surface area contributed by atoms with Gasteiger partial charge in [0.15, 0.2) is 0 Å². The molecule has 0 saturated carbocycles. The van der Waals surface area contributed by atoms with E-state index in [1.54, 1.807) is 30.3 Å². The fourth-order valence-corrected chi connectivity index (χ4v) is 2.76. The summed E-state index contributed by atoms with van der Waals surface area (Å²) in [5.74, 6) is -2.02. The fraction of sp³-hybridized carbons (Fsp3) is 0.222. The molecule has 1 atom stereocenters. The van der Waals surface area contributed by atoms with Gasteiger partial charge in [-0.3, -0.25) is 9.87 Å². The smallest absolute Gasteiger partial charge is 0.432 e. The highest BCUT2D eigenvalue weighted by Crippen LogP contribution is 2.38. The third kappa shape index (κ3) is 6.52. The van der Waals surface area contributed by atoms with Crippen LogP contribution in [0.5, 0.6) is 0 Å². The molecule has 0 spiro atoms.